The molecule has 1 heterocycles. The monoisotopic (exact) mass is 361 g/mol. The van der Waals surface area contributed by atoms with Gasteiger partial charge in [0.15, 0.2) is 0 Å². The number of carbonyl (C=O) groups is 1. The van der Waals surface area contributed by atoms with Crippen LogP contribution in [0.5, 0.6) is 0 Å². The standard InChI is InChI=1S/C18H23N3O3S/c1-14(2)6-11-20-18(22)16-4-3-5-17(12-16)25(23,24)21-13-15-7-9-19-10-8-15/h3-5,7-10,12,14,21H,6,11,13H2,1-2H3,(H,20,22). The van der Waals surface area contributed by atoms with Gasteiger partial charge in [0.25, 0.3) is 5.91 Å². The van der Waals surface area contributed by atoms with E-state index in [9.17, 15) is 13.2 Å². The van der Waals surface area contributed by atoms with Crippen LogP contribution >= 0.6 is 0 Å². The van der Waals surface area contributed by atoms with Gasteiger partial charge < -0.3 is 5.32 Å². The molecule has 2 aromatic rings. The molecule has 6 nitrogen and oxygen atoms in total. The maximum absolute atomic E-state index is 12.4. The van der Waals surface area contributed by atoms with Crippen molar-refractivity contribution >= 4 is 15.9 Å². The molecule has 1 amide bonds. The minimum Gasteiger partial charge on any atom is -0.352 e. The summed E-state index contributed by atoms with van der Waals surface area (Å²) in [5.41, 5.74) is 1.14. The molecule has 0 saturated heterocycles. The number of hydrogen-bond acceptors (Lipinski definition) is 4. The van der Waals surface area contributed by atoms with Gasteiger partial charge in [-0.2, -0.15) is 0 Å². The third-order valence-electron chi connectivity index (χ3n) is 3.63. The normalized spacial score (nSPS) is 11.5. The Morgan fingerprint density at radius 3 is 2.56 bits per heavy atom. The highest BCUT2D eigenvalue weighted by molar-refractivity contribution is 7.89. The molecule has 1 aromatic heterocycles. The fourth-order valence-corrected chi connectivity index (χ4v) is 3.21. The molecule has 0 saturated carbocycles. The highest BCUT2D eigenvalue weighted by Crippen LogP contribution is 2.12. The molecule has 0 aliphatic carbocycles. The number of aromatic nitrogens is 1. The van der Waals surface area contributed by atoms with Crippen LogP contribution in [0.4, 0.5) is 0 Å². The van der Waals surface area contributed by atoms with Crippen LogP contribution in [0.3, 0.4) is 0 Å². The van der Waals surface area contributed by atoms with Gasteiger partial charge in [-0.25, -0.2) is 13.1 Å². The summed E-state index contributed by atoms with van der Waals surface area (Å²) in [7, 11) is -3.70. The average molecular weight is 361 g/mol. The van der Waals surface area contributed by atoms with E-state index in [0.29, 0.717) is 18.0 Å². The first kappa shape index (κ1) is 19.1. The van der Waals surface area contributed by atoms with Crippen LogP contribution in [-0.2, 0) is 16.6 Å². The van der Waals surface area contributed by atoms with Crippen molar-refractivity contribution in [2.45, 2.75) is 31.7 Å². The summed E-state index contributed by atoms with van der Waals surface area (Å²) in [4.78, 5) is 16.1. The van der Waals surface area contributed by atoms with Crippen molar-refractivity contribution in [2.24, 2.45) is 5.92 Å². The zero-order chi connectivity index (χ0) is 18.3. The van der Waals surface area contributed by atoms with Gasteiger partial charge in [0.05, 0.1) is 4.90 Å². The third kappa shape index (κ3) is 5.95. The Morgan fingerprint density at radius 1 is 1.16 bits per heavy atom. The van der Waals surface area contributed by atoms with E-state index in [0.717, 1.165) is 12.0 Å². The minimum atomic E-state index is -3.70. The maximum Gasteiger partial charge on any atom is 0.251 e. The van der Waals surface area contributed by atoms with Crippen LogP contribution in [0, 0.1) is 5.92 Å². The summed E-state index contributed by atoms with van der Waals surface area (Å²) in [5.74, 6) is 0.219. The molecule has 0 aliphatic heterocycles. The van der Waals surface area contributed by atoms with Gasteiger partial charge in [0.1, 0.15) is 0 Å². The van der Waals surface area contributed by atoms with Gasteiger partial charge in [-0.05, 0) is 48.2 Å². The number of carbonyl (C=O) groups excluding carboxylic acids is 1. The maximum atomic E-state index is 12.4. The SMILES string of the molecule is CC(C)CCNC(=O)c1cccc(S(=O)(=O)NCc2ccncc2)c1. The highest BCUT2D eigenvalue weighted by Gasteiger charge is 2.16. The first-order valence-corrected chi connectivity index (χ1v) is 9.63. The van der Waals surface area contributed by atoms with Crippen molar-refractivity contribution in [3.63, 3.8) is 0 Å². The molecule has 25 heavy (non-hydrogen) atoms. The molecule has 0 spiro atoms. The first-order valence-electron chi connectivity index (χ1n) is 8.15. The smallest absolute Gasteiger partial charge is 0.251 e. The molecule has 2 rings (SSSR count). The predicted octanol–water partition coefficient (Wildman–Crippen LogP) is 2.34. The Hall–Kier alpha value is -2.25. The Bertz CT molecular complexity index is 805. The Balaban J connectivity index is 2.04. The first-order chi connectivity index (χ1) is 11.9. The number of pyridine rings is 1. The van der Waals surface area contributed by atoms with E-state index in [1.165, 1.54) is 12.1 Å². The van der Waals surface area contributed by atoms with Crippen LogP contribution in [-0.4, -0.2) is 25.9 Å². The van der Waals surface area contributed by atoms with Gasteiger partial charge in [0.2, 0.25) is 10.0 Å². The summed E-state index contributed by atoms with van der Waals surface area (Å²) in [6.45, 7) is 4.88. The van der Waals surface area contributed by atoms with Gasteiger partial charge >= 0.3 is 0 Å². The zero-order valence-corrected chi connectivity index (χ0v) is 15.2. The number of nitrogens with one attached hydrogen (secondary N) is 2. The van der Waals surface area contributed by atoms with Crippen LogP contribution in [0.25, 0.3) is 0 Å². The molecule has 134 valence electrons. The zero-order valence-electron chi connectivity index (χ0n) is 14.4. The van der Waals surface area contributed by atoms with Gasteiger partial charge in [0, 0.05) is 31.0 Å². The Morgan fingerprint density at radius 2 is 1.88 bits per heavy atom. The number of amides is 1. The number of sulfonamides is 1. The molecule has 2 N–H and O–H groups in total. The van der Waals surface area contributed by atoms with Crippen LogP contribution in [0.1, 0.15) is 36.2 Å². The van der Waals surface area contributed by atoms with Gasteiger partial charge in [-0.15, -0.1) is 0 Å². The Labute approximate surface area is 148 Å². The Kier molecular flexibility index (Phi) is 6.66. The van der Waals surface area contributed by atoms with Crippen molar-refractivity contribution in [2.75, 3.05) is 6.54 Å². The second-order valence-corrected chi connectivity index (χ2v) is 7.91. The van der Waals surface area contributed by atoms with Crippen LogP contribution in [0.2, 0.25) is 0 Å². The van der Waals surface area contributed by atoms with Gasteiger partial charge in [-0.1, -0.05) is 19.9 Å². The average Bonchev–Trinajstić information content (AvgIpc) is 2.61. The van der Waals surface area contributed by atoms with Crippen molar-refractivity contribution in [1.82, 2.24) is 15.0 Å². The van der Waals surface area contributed by atoms with Crippen molar-refractivity contribution in [3.8, 4) is 0 Å². The van der Waals surface area contributed by atoms with E-state index in [1.54, 1.807) is 36.7 Å². The molecular weight excluding hydrogens is 338 g/mol. The predicted molar refractivity (Wildman–Crippen MR) is 96.5 cm³/mol. The summed E-state index contributed by atoms with van der Waals surface area (Å²) in [6, 6.07) is 9.51. The van der Waals surface area contributed by atoms with E-state index < -0.39 is 10.0 Å². The van der Waals surface area contributed by atoms with Gasteiger partial charge in [-0.3, -0.25) is 9.78 Å². The fourth-order valence-electron chi connectivity index (χ4n) is 2.14. The lowest BCUT2D eigenvalue weighted by molar-refractivity contribution is 0.0952. The van der Waals surface area contributed by atoms with Crippen LogP contribution < -0.4 is 10.0 Å². The molecule has 1 aromatic carbocycles. The number of nitrogens with zero attached hydrogens (tertiary/aromatic N) is 1. The molecular formula is C18H23N3O3S. The number of rotatable bonds is 8. The number of benzene rings is 1. The lowest BCUT2D eigenvalue weighted by Crippen LogP contribution is -2.26. The molecule has 0 atom stereocenters. The fraction of sp³-hybridized carbons (Fsp3) is 0.333. The lowest BCUT2D eigenvalue weighted by Gasteiger charge is -2.10. The van der Waals surface area contributed by atoms with E-state index >= 15 is 0 Å². The molecule has 7 heteroatoms. The van der Waals surface area contributed by atoms with E-state index in [1.807, 2.05) is 0 Å². The summed E-state index contributed by atoms with van der Waals surface area (Å²) in [5, 5.41) is 2.81. The highest BCUT2D eigenvalue weighted by atomic mass is 32.2. The minimum absolute atomic E-state index is 0.0677. The van der Waals surface area contributed by atoms with E-state index in [-0.39, 0.29) is 17.3 Å². The van der Waals surface area contributed by atoms with E-state index in [2.05, 4.69) is 28.9 Å². The molecule has 0 aliphatic rings. The largest absolute Gasteiger partial charge is 0.352 e. The topological polar surface area (TPSA) is 88.2 Å². The molecule has 0 fully saturated rings. The van der Waals surface area contributed by atoms with Crippen molar-refractivity contribution in [3.05, 3.63) is 59.9 Å². The van der Waals surface area contributed by atoms with Crippen molar-refractivity contribution in [1.29, 1.82) is 0 Å². The molecule has 0 unspecified atom stereocenters. The third-order valence-corrected chi connectivity index (χ3v) is 5.03. The second kappa shape index (κ2) is 8.73. The van der Waals surface area contributed by atoms with Crippen molar-refractivity contribution < 1.29 is 13.2 Å². The summed E-state index contributed by atoms with van der Waals surface area (Å²) in [6.07, 6.45) is 4.08. The lowest BCUT2D eigenvalue weighted by atomic mass is 10.1. The number of hydrogen-bond donors (Lipinski definition) is 2. The summed E-state index contributed by atoms with van der Waals surface area (Å²) < 4.78 is 27.4. The van der Waals surface area contributed by atoms with E-state index in [4.69, 9.17) is 0 Å². The second-order valence-electron chi connectivity index (χ2n) is 6.15. The van der Waals surface area contributed by atoms with Crippen LogP contribution in [0.15, 0.2) is 53.7 Å². The quantitative estimate of drug-likeness (QED) is 0.755. The molecule has 0 bridgehead atoms. The summed E-state index contributed by atoms with van der Waals surface area (Å²) >= 11 is 0. The molecule has 0 radical (unpaired) electrons.